The van der Waals surface area contributed by atoms with Gasteiger partial charge >= 0.3 is 0 Å². The zero-order chi connectivity index (χ0) is 19.3. The van der Waals surface area contributed by atoms with Crippen LogP contribution in [-0.4, -0.2) is 50.4 Å². The van der Waals surface area contributed by atoms with E-state index in [1.807, 2.05) is 5.38 Å². The summed E-state index contributed by atoms with van der Waals surface area (Å²) in [7, 11) is -2.01. The van der Waals surface area contributed by atoms with E-state index in [-0.39, 0.29) is 16.7 Å². The van der Waals surface area contributed by atoms with Crippen molar-refractivity contribution in [3.8, 4) is 5.75 Å². The summed E-state index contributed by atoms with van der Waals surface area (Å²) in [6.45, 7) is 1.24. The lowest BCUT2D eigenvalue weighted by molar-refractivity contribution is -0.126. The van der Waals surface area contributed by atoms with E-state index in [1.54, 1.807) is 41.8 Å². The summed E-state index contributed by atoms with van der Waals surface area (Å²) in [5, 5.41) is 5.84. The van der Waals surface area contributed by atoms with Crippen LogP contribution in [0.3, 0.4) is 0 Å². The Morgan fingerprint density at radius 2 is 2.00 bits per heavy atom. The lowest BCUT2D eigenvalue weighted by Gasteiger charge is -2.30. The Morgan fingerprint density at radius 3 is 2.59 bits per heavy atom. The van der Waals surface area contributed by atoms with Crippen LogP contribution in [0.2, 0.25) is 0 Å². The first-order valence-electron chi connectivity index (χ1n) is 8.81. The molecule has 146 valence electrons. The Bertz CT molecular complexity index is 843. The fraction of sp³-hybridized carbons (Fsp3) is 0.444. The first kappa shape index (κ1) is 19.8. The van der Waals surface area contributed by atoms with E-state index >= 15 is 0 Å². The van der Waals surface area contributed by atoms with Gasteiger partial charge in [0, 0.05) is 43.5 Å². The molecule has 2 heterocycles. The van der Waals surface area contributed by atoms with Crippen molar-refractivity contribution >= 4 is 27.3 Å². The molecule has 2 aromatic rings. The summed E-state index contributed by atoms with van der Waals surface area (Å²) in [5.41, 5.74) is 0. The standard InChI is InChI=1S/C18H23N3O4S2/c1-25-15-2-4-16(5-3-15)27(23,24)21-11-7-14(8-12-21)18(22)20-9-6-17-19-10-13-26-17/h2-5,10,13-14H,6-9,11-12H2,1H3,(H,20,22). The van der Waals surface area contributed by atoms with E-state index in [4.69, 9.17) is 4.74 Å². The number of ether oxygens (including phenoxy) is 1. The van der Waals surface area contributed by atoms with Gasteiger partial charge in [-0.2, -0.15) is 4.31 Å². The van der Waals surface area contributed by atoms with Crippen LogP contribution in [0.4, 0.5) is 0 Å². The van der Waals surface area contributed by atoms with Gasteiger partial charge < -0.3 is 10.1 Å². The number of benzene rings is 1. The molecule has 0 radical (unpaired) electrons. The molecule has 27 heavy (non-hydrogen) atoms. The highest BCUT2D eigenvalue weighted by Gasteiger charge is 2.32. The van der Waals surface area contributed by atoms with Crippen molar-refractivity contribution in [3.05, 3.63) is 40.8 Å². The summed E-state index contributed by atoms with van der Waals surface area (Å²) in [6, 6.07) is 6.36. The van der Waals surface area contributed by atoms with Gasteiger partial charge in [0.2, 0.25) is 15.9 Å². The van der Waals surface area contributed by atoms with E-state index in [9.17, 15) is 13.2 Å². The van der Waals surface area contributed by atoms with Crippen molar-refractivity contribution < 1.29 is 17.9 Å². The maximum absolute atomic E-state index is 12.7. The third kappa shape index (κ3) is 4.85. The molecule has 1 fully saturated rings. The Balaban J connectivity index is 1.50. The number of carbonyl (C=O) groups is 1. The predicted octanol–water partition coefficient (Wildman–Crippen LogP) is 1.91. The number of piperidine rings is 1. The number of sulfonamides is 1. The zero-order valence-corrected chi connectivity index (χ0v) is 16.8. The number of hydrogen-bond donors (Lipinski definition) is 1. The molecule has 1 amide bonds. The van der Waals surface area contributed by atoms with Gasteiger partial charge in [0.1, 0.15) is 5.75 Å². The minimum absolute atomic E-state index is 0.00643. The number of nitrogens with zero attached hydrogens (tertiary/aromatic N) is 2. The van der Waals surface area contributed by atoms with Crippen molar-refractivity contribution in [2.24, 2.45) is 5.92 Å². The number of thiazole rings is 1. The van der Waals surface area contributed by atoms with E-state index in [0.29, 0.717) is 44.6 Å². The molecule has 1 N–H and O–H groups in total. The molecule has 1 aliphatic rings. The highest BCUT2D eigenvalue weighted by molar-refractivity contribution is 7.89. The van der Waals surface area contributed by atoms with Gasteiger partial charge in [0.15, 0.2) is 0 Å². The van der Waals surface area contributed by atoms with E-state index in [0.717, 1.165) is 5.01 Å². The number of amides is 1. The van der Waals surface area contributed by atoms with Crippen LogP contribution in [0, 0.1) is 5.92 Å². The zero-order valence-electron chi connectivity index (χ0n) is 15.1. The third-order valence-electron chi connectivity index (χ3n) is 4.64. The molecule has 1 aliphatic heterocycles. The van der Waals surface area contributed by atoms with Gasteiger partial charge in [0.25, 0.3) is 0 Å². The molecule has 0 aliphatic carbocycles. The van der Waals surface area contributed by atoms with Crippen molar-refractivity contribution in [2.45, 2.75) is 24.2 Å². The molecule has 1 aromatic carbocycles. The maximum Gasteiger partial charge on any atom is 0.243 e. The molecule has 0 atom stereocenters. The van der Waals surface area contributed by atoms with Crippen molar-refractivity contribution in [3.63, 3.8) is 0 Å². The first-order chi connectivity index (χ1) is 13.0. The Labute approximate surface area is 163 Å². The summed E-state index contributed by atoms with van der Waals surface area (Å²) in [6.07, 6.45) is 3.52. The molecule has 0 spiro atoms. The predicted molar refractivity (Wildman–Crippen MR) is 103 cm³/mol. The molecule has 0 bridgehead atoms. The molecule has 0 unspecified atom stereocenters. The lowest BCUT2D eigenvalue weighted by Crippen LogP contribution is -2.43. The van der Waals surface area contributed by atoms with Crippen molar-refractivity contribution in [1.82, 2.24) is 14.6 Å². The quantitative estimate of drug-likeness (QED) is 0.755. The molecule has 9 heteroatoms. The number of rotatable bonds is 7. The van der Waals surface area contributed by atoms with Crippen LogP contribution in [0.5, 0.6) is 5.75 Å². The Morgan fingerprint density at radius 1 is 1.30 bits per heavy atom. The molecular formula is C18H23N3O4S2. The smallest absolute Gasteiger partial charge is 0.243 e. The average molecular weight is 410 g/mol. The second kappa shape index (κ2) is 8.81. The lowest BCUT2D eigenvalue weighted by atomic mass is 9.97. The molecule has 3 rings (SSSR count). The van der Waals surface area contributed by atoms with Crippen LogP contribution in [0.1, 0.15) is 17.8 Å². The maximum atomic E-state index is 12.7. The molecule has 0 saturated carbocycles. The van der Waals surface area contributed by atoms with Crippen molar-refractivity contribution in [2.75, 3.05) is 26.7 Å². The van der Waals surface area contributed by atoms with E-state index in [2.05, 4.69) is 10.3 Å². The largest absolute Gasteiger partial charge is 0.497 e. The molecule has 7 nitrogen and oxygen atoms in total. The minimum Gasteiger partial charge on any atom is -0.497 e. The van der Waals surface area contributed by atoms with Gasteiger partial charge in [0.05, 0.1) is 17.0 Å². The highest BCUT2D eigenvalue weighted by Crippen LogP contribution is 2.25. The third-order valence-corrected chi connectivity index (χ3v) is 7.40. The van der Waals surface area contributed by atoms with Crippen LogP contribution < -0.4 is 10.1 Å². The fourth-order valence-corrected chi connectivity index (χ4v) is 5.16. The number of nitrogens with one attached hydrogen (secondary N) is 1. The number of aromatic nitrogens is 1. The molecular weight excluding hydrogens is 386 g/mol. The van der Waals surface area contributed by atoms with Crippen LogP contribution in [0.25, 0.3) is 0 Å². The number of carbonyl (C=O) groups excluding carboxylic acids is 1. The van der Waals surface area contributed by atoms with Crippen LogP contribution in [0.15, 0.2) is 40.7 Å². The first-order valence-corrected chi connectivity index (χ1v) is 11.1. The van der Waals surface area contributed by atoms with Gasteiger partial charge in [-0.05, 0) is 37.1 Å². The minimum atomic E-state index is -3.54. The number of methoxy groups -OCH3 is 1. The Kier molecular flexibility index (Phi) is 6.46. The van der Waals surface area contributed by atoms with E-state index in [1.165, 1.54) is 11.4 Å². The summed E-state index contributed by atoms with van der Waals surface area (Å²) in [5.74, 6) is 0.457. The molecule has 1 saturated heterocycles. The van der Waals surface area contributed by atoms with Gasteiger partial charge in [-0.3, -0.25) is 4.79 Å². The fourth-order valence-electron chi connectivity index (χ4n) is 3.07. The normalized spacial score (nSPS) is 16.2. The second-order valence-electron chi connectivity index (χ2n) is 6.32. The number of hydrogen-bond acceptors (Lipinski definition) is 6. The average Bonchev–Trinajstić information content (AvgIpc) is 3.21. The van der Waals surface area contributed by atoms with Crippen molar-refractivity contribution in [1.29, 1.82) is 0 Å². The summed E-state index contributed by atoms with van der Waals surface area (Å²) in [4.78, 5) is 16.7. The second-order valence-corrected chi connectivity index (χ2v) is 9.24. The highest BCUT2D eigenvalue weighted by atomic mass is 32.2. The summed E-state index contributed by atoms with van der Waals surface area (Å²) < 4.78 is 32.0. The summed E-state index contributed by atoms with van der Waals surface area (Å²) >= 11 is 1.57. The SMILES string of the molecule is COc1ccc(S(=O)(=O)N2CCC(C(=O)NCCc3nccs3)CC2)cc1. The van der Waals surface area contributed by atoms with Crippen LogP contribution in [-0.2, 0) is 21.2 Å². The van der Waals surface area contributed by atoms with Crippen LogP contribution >= 0.6 is 11.3 Å². The van der Waals surface area contributed by atoms with Gasteiger partial charge in [-0.1, -0.05) is 0 Å². The monoisotopic (exact) mass is 409 g/mol. The van der Waals surface area contributed by atoms with E-state index < -0.39 is 10.0 Å². The molecule has 1 aromatic heterocycles. The van der Waals surface area contributed by atoms with Gasteiger partial charge in [-0.15, -0.1) is 11.3 Å². The Hall–Kier alpha value is -1.97. The van der Waals surface area contributed by atoms with Gasteiger partial charge in [-0.25, -0.2) is 13.4 Å². The topological polar surface area (TPSA) is 88.6 Å².